The van der Waals surface area contributed by atoms with E-state index in [1.165, 1.54) is 31.2 Å². The fraction of sp³-hybridized carbons (Fsp3) is 0.692. The number of rotatable bonds is 9. The zero-order chi connectivity index (χ0) is 23.0. The normalized spacial score (nSPS) is 26.6. The smallest absolute Gasteiger partial charge is 0.223 e. The molecule has 2 fully saturated rings. The molecule has 1 aromatic rings. The van der Waals surface area contributed by atoms with Gasteiger partial charge in [-0.05, 0) is 51.8 Å². The molecule has 1 saturated carbocycles. The van der Waals surface area contributed by atoms with Crippen molar-refractivity contribution in [2.24, 2.45) is 16.8 Å². The maximum atomic E-state index is 12.5. The molecule has 6 nitrogen and oxygen atoms in total. The largest absolute Gasteiger partial charge is 0.357 e. The van der Waals surface area contributed by atoms with E-state index in [9.17, 15) is 4.79 Å². The first kappa shape index (κ1) is 24.6. The third-order valence-corrected chi connectivity index (χ3v) is 7.26. The minimum atomic E-state index is 0.150. The summed E-state index contributed by atoms with van der Waals surface area (Å²) < 4.78 is 0. The van der Waals surface area contributed by atoms with Gasteiger partial charge in [0.1, 0.15) is 0 Å². The quantitative estimate of drug-likeness (QED) is 0.457. The second-order valence-corrected chi connectivity index (χ2v) is 10.0. The van der Waals surface area contributed by atoms with E-state index >= 15 is 0 Å². The highest BCUT2D eigenvalue weighted by molar-refractivity contribution is 5.81. The summed E-state index contributed by atoms with van der Waals surface area (Å²) in [6, 6.07) is 10.4. The fourth-order valence-electron chi connectivity index (χ4n) is 5.25. The summed E-state index contributed by atoms with van der Waals surface area (Å²) in [5.41, 5.74) is 1.44. The lowest BCUT2D eigenvalue weighted by Gasteiger charge is -2.44. The van der Waals surface area contributed by atoms with Crippen LogP contribution in [0.2, 0.25) is 0 Å². The van der Waals surface area contributed by atoms with Crippen LogP contribution in [-0.2, 0) is 11.2 Å². The number of likely N-dealkylation sites (N-methyl/N-ethyl adjacent to an activating group) is 1. The summed E-state index contributed by atoms with van der Waals surface area (Å²) in [6.45, 7) is 8.53. The molecule has 0 radical (unpaired) electrons. The monoisotopic (exact) mass is 441 g/mol. The summed E-state index contributed by atoms with van der Waals surface area (Å²) in [7, 11) is 4.39. The van der Waals surface area contributed by atoms with Crippen LogP contribution in [0.1, 0.15) is 51.5 Å². The van der Waals surface area contributed by atoms with E-state index in [0.717, 1.165) is 51.0 Å². The predicted octanol–water partition coefficient (Wildman–Crippen LogP) is 3.14. The summed E-state index contributed by atoms with van der Waals surface area (Å²) in [4.78, 5) is 21.9. The number of carbonyl (C=O) groups excluding carboxylic acids is 1. The number of hydrogen-bond donors (Lipinski definition) is 2. The average molecular weight is 442 g/mol. The van der Waals surface area contributed by atoms with Crippen molar-refractivity contribution in [2.75, 3.05) is 46.8 Å². The zero-order valence-corrected chi connectivity index (χ0v) is 20.6. The maximum Gasteiger partial charge on any atom is 0.223 e. The number of aliphatic imine (C=N–C) groups is 1. The first-order valence-electron chi connectivity index (χ1n) is 12.4. The van der Waals surface area contributed by atoms with Gasteiger partial charge in [0, 0.05) is 44.1 Å². The summed E-state index contributed by atoms with van der Waals surface area (Å²) in [5, 5.41) is 6.93. The Bertz CT molecular complexity index is 750. The molecule has 1 heterocycles. The zero-order valence-electron chi connectivity index (χ0n) is 20.6. The summed E-state index contributed by atoms with van der Waals surface area (Å²) in [6.07, 6.45) is 6.56. The lowest BCUT2D eigenvalue weighted by molar-refractivity contribution is -0.127. The van der Waals surface area contributed by atoms with E-state index in [0.29, 0.717) is 12.3 Å². The lowest BCUT2D eigenvalue weighted by atomic mass is 9.75. The van der Waals surface area contributed by atoms with Gasteiger partial charge in [-0.1, -0.05) is 50.1 Å². The Labute approximate surface area is 194 Å². The highest BCUT2D eigenvalue weighted by Gasteiger charge is 2.37. The van der Waals surface area contributed by atoms with Gasteiger partial charge >= 0.3 is 0 Å². The van der Waals surface area contributed by atoms with E-state index in [2.05, 4.69) is 67.7 Å². The van der Waals surface area contributed by atoms with Gasteiger partial charge in [0.2, 0.25) is 5.91 Å². The molecule has 3 unspecified atom stereocenters. The summed E-state index contributed by atoms with van der Waals surface area (Å²) >= 11 is 0. The van der Waals surface area contributed by atoms with Gasteiger partial charge in [0.25, 0.3) is 0 Å². The SMILES string of the molecule is CCNC(=NCC1(N(C)C)CCCC(C)C1)NCC1CC(=O)N(CCc2ccccc2)C1. The fourth-order valence-corrected chi connectivity index (χ4v) is 5.25. The molecule has 1 aromatic carbocycles. The van der Waals surface area contributed by atoms with Crippen LogP contribution in [0.4, 0.5) is 0 Å². The molecule has 0 bridgehead atoms. The molecule has 2 N–H and O–H groups in total. The molecule has 32 heavy (non-hydrogen) atoms. The Morgan fingerprint density at radius 2 is 2.03 bits per heavy atom. The highest BCUT2D eigenvalue weighted by Crippen LogP contribution is 2.35. The van der Waals surface area contributed by atoms with E-state index < -0.39 is 0 Å². The van der Waals surface area contributed by atoms with Gasteiger partial charge in [-0.3, -0.25) is 9.79 Å². The second kappa shape index (κ2) is 11.7. The molecule has 1 saturated heterocycles. The van der Waals surface area contributed by atoms with Crippen LogP contribution in [-0.4, -0.2) is 74.0 Å². The third-order valence-electron chi connectivity index (χ3n) is 7.26. The Kier molecular flexibility index (Phi) is 8.97. The van der Waals surface area contributed by atoms with Crippen LogP contribution in [0.15, 0.2) is 35.3 Å². The predicted molar refractivity (Wildman–Crippen MR) is 133 cm³/mol. The van der Waals surface area contributed by atoms with Crippen molar-refractivity contribution in [2.45, 2.75) is 57.9 Å². The van der Waals surface area contributed by atoms with Gasteiger partial charge in [-0.25, -0.2) is 0 Å². The molecule has 1 amide bonds. The Balaban J connectivity index is 1.52. The number of amides is 1. The van der Waals surface area contributed by atoms with Crippen molar-refractivity contribution in [3.8, 4) is 0 Å². The van der Waals surface area contributed by atoms with Crippen LogP contribution in [0.5, 0.6) is 0 Å². The van der Waals surface area contributed by atoms with Crippen molar-refractivity contribution in [1.29, 1.82) is 0 Å². The molecule has 6 heteroatoms. The molecule has 3 rings (SSSR count). The number of guanidine groups is 1. The van der Waals surface area contributed by atoms with E-state index in [1.807, 2.05) is 11.0 Å². The topological polar surface area (TPSA) is 60.0 Å². The van der Waals surface area contributed by atoms with Crippen molar-refractivity contribution in [1.82, 2.24) is 20.4 Å². The Morgan fingerprint density at radius 1 is 1.25 bits per heavy atom. The van der Waals surface area contributed by atoms with Gasteiger partial charge in [-0.15, -0.1) is 0 Å². The standard InChI is InChI=1S/C26H43N5O/c1-5-27-25(29-20-26(30(3)4)14-9-10-21(2)17-26)28-18-23-16-24(32)31(19-23)15-13-22-11-7-6-8-12-22/h6-8,11-12,21,23H,5,9-10,13-20H2,1-4H3,(H2,27,28,29). The highest BCUT2D eigenvalue weighted by atomic mass is 16.2. The minimum Gasteiger partial charge on any atom is -0.357 e. The molecule has 3 atom stereocenters. The number of likely N-dealkylation sites (tertiary alicyclic amines) is 1. The molecule has 2 aliphatic rings. The first-order valence-corrected chi connectivity index (χ1v) is 12.4. The van der Waals surface area contributed by atoms with E-state index in [1.54, 1.807) is 0 Å². The lowest BCUT2D eigenvalue weighted by Crippen LogP contribution is -2.51. The third kappa shape index (κ3) is 6.71. The van der Waals surface area contributed by atoms with Crippen LogP contribution in [0, 0.1) is 11.8 Å². The van der Waals surface area contributed by atoms with Crippen LogP contribution in [0.3, 0.4) is 0 Å². The van der Waals surface area contributed by atoms with Crippen molar-refractivity contribution < 1.29 is 4.79 Å². The number of nitrogens with zero attached hydrogens (tertiary/aromatic N) is 3. The van der Waals surface area contributed by atoms with Gasteiger partial charge < -0.3 is 20.4 Å². The number of carbonyl (C=O) groups is 1. The number of benzene rings is 1. The summed E-state index contributed by atoms with van der Waals surface area (Å²) in [5.74, 6) is 2.24. The number of nitrogens with one attached hydrogen (secondary N) is 2. The van der Waals surface area contributed by atoms with Crippen molar-refractivity contribution in [3.63, 3.8) is 0 Å². The minimum absolute atomic E-state index is 0.150. The van der Waals surface area contributed by atoms with Crippen molar-refractivity contribution in [3.05, 3.63) is 35.9 Å². The van der Waals surface area contributed by atoms with E-state index in [4.69, 9.17) is 4.99 Å². The van der Waals surface area contributed by atoms with Crippen molar-refractivity contribution >= 4 is 11.9 Å². The van der Waals surface area contributed by atoms with Crippen LogP contribution >= 0.6 is 0 Å². The van der Waals surface area contributed by atoms with Crippen LogP contribution in [0.25, 0.3) is 0 Å². The van der Waals surface area contributed by atoms with Gasteiger partial charge in [0.05, 0.1) is 6.54 Å². The first-order chi connectivity index (χ1) is 15.4. The van der Waals surface area contributed by atoms with Gasteiger partial charge in [0.15, 0.2) is 5.96 Å². The Hall–Kier alpha value is -2.08. The molecule has 0 aromatic heterocycles. The molecule has 178 valence electrons. The second-order valence-electron chi connectivity index (χ2n) is 10.0. The Morgan fingerprint density at radius 3 is 2.72 bits per heavy atom. The van der Waals surface area contributed by atoms with Gasteiger partial charge in [-0.2, -0.15) is 0 Å². The molecular weight excluding hydrogens is 398 g/mol. The number of hydrogen-bond acceptors (Lipinski definition) is 3. The molecule has 0 spiro atoms. The molecular formula is C26H43N5O. The molecule has 1 aliphatic heterocycles. The maximum absolute atomic E-state index is 12.5. The van der Waals surface area contributed by atoms with E-state index in [-0.39, 0.29) is 11.4 Å². The van der Waals surface area contributed by atoms with Crippen LogP contribution < -0.4 is 10.6 Å². The molecule has 1 aliphatic carbocycles. The average Bonchev–Trinajstić information content (AvgIpc) is 3.14.